The maximum atomic E-state index is 13.2. The summed E-state index contributed by atoms with van der Waals surface area (Å²) >= 11 is 0.944. The van der Waals surface area contributed by atoms with Crippen LogP contribution < -0.4 is 14.4 Å². The number of rotatable bonds is 11. The average Bonchev–Trinajstić information content (AvgIpc) is 3.26. The van der Waals surface area contributed by atoms with Gasteiger partial charge < -0.3 is 19.3 Å². The number of likely N-dealkylation sites (N-methyl/N-ethyl adjacent to an activating group) is 1. The maximum absolute atomic E-state index is 13.2. The molecule has 7 nitrogen and oxygen atoms in total. The lowest BCUT2D eigenvalue weighted by atomic mass is 10.2. The Balaban J connectivity index is 1.12. The third kappa shape index (κ3) is 8.00. The Kier molecular flexibility index (Phi) is 9.77. The number of benzene rings is 3. The number of nitrogens with zero attached hydrogens (tertiary/aromatic N) is 3. The molecule has 2 aliphatic rings. The van der Waals surface area contributed by atoms with Crippen LogP contribution in [-0.4, -0.2) is 67.3 Å². The summed E-state index contributed by atoms with van der Waals surface area (Å²) in [5, 5.41) is -0.318. The second kappa shape index (κ2) is 13.9. The van der Waals surface area contributed by atoms with Crippen molar-refractivity contribution < 1.29 is 19.1 Å². The number of carbonyl (C=O) groups is 2. The quantitative estimate of drug-likeness (QED) is 0.185. The molecule has 3 aromatic rings. The molecule has 41 heavy (non-hydrogen) atoms. The lowest BCUT2D eigenvalue weighted by molar-refractivity contribution is -0.113. The molecule has 5 rings (SSSR count). The van der Waals surface area contributed by atoms with Gasteiger partial charge in [-0.1, -0.05) is 35.9 Å². The molecule has 3 aromatic carbocycles. The van der Waals surface area contributed by atoms with E-state index < -0.39 is 0 Å². The predicted molar refractivity (Wildman–Crippen MR) is 166 cm³/mol. The summed E-state index contributed by atoms with van der Waals surface area (Å²) in [7, 11) is 2.18. The minimum atomic E-state index is -0.332. The summed E-state index contributed by atoms with van der Waals surface area (Å²) in [6.45, 7) is 8.38. The minimum Gasteiger partial charge on any atom is -0.494 e. The zero-order chi connectivity index (χ0) is 28.6. The number of anilines is 1. The van der Waals surface area contributed by atoms with Crippen LogP contribution in [0, 0.1) is 6.92 Å². The first-order valence-corrected chi connectivity index (χ1v) is 15.0. The number of thioether (sulfide) groups is 1. The summed E-state index contributed by atoms with van der Waals surface area (Å²) in [6, 6.07) is 22.5. The highest BCUT2D eigenvalue weighted by molar-refractivity contribution is 8.19. The van der Waals surface area contributed by atoms with Gasteiger partial charge in [0, 0.05) is 32.2 Å². The molecule has 0 aliphatic carbocycles. The van der Waals surface area contributed by atoms with E-state index in [-0.39, 0.29) is 11.1 Å². The van der Waals surface area contributed by atoms with Crippen LogP contribution in [0.15, 0.2) is 77.7 Å². The Hall–Kier alpha value is -3.59. The van der Waals surface area contributed by atoms with E-state index in [1.54, 1.807) is 18.2 Å². The van der Waals surface area contributed by atoms with Crippen molar-refractivity contribution >= 4 is 34.7 Å². The smallest absolute Gasteiger partial charge is 0.298 e. The number of unbranched alkanes of at least 4 members (excludes halogenated alkanes) is 2. The Bertz CT molecular complexity index is 1370. The van der Waals surface area contributed by atoms with Crippen LogP contribution in [0.5, 0.6) is 17.2 Å². The molecule has 8 heteroatoms. The molecule has 0 radical (unpaired) electrons. The zero-order valence-corrected chi connectivity index (χ0v) is 24.6. The van der Waals surface area contributed by atoms with Crippen LogP contribution in [-0.2, 0) is 4.79 Å². The van der Waals surface area contributed by atoms with Gasteiger partial charge in [-0.2, -0.15) is 0 Å². The number of piperazine rings is 1. The number of imide groups is 1. The van der Waals surface area contributed by atoms with Crippen molar-refractivity contribution in [3.05, 3.63) is 88.8 Å². The van der Waals surface area contributed by atoms with E-state index in [2.05, 4.69) is 16.8 Å². The fourth-order valence-corrected chi connectivity index (χ4v) is 5.65. The van der Waals surface area contributed by atoms with Crippen LogP contribution in [0.25, 0.3) is 6.08 Å². The van der Waals surface area contributed by atoms with E-state index in [1.807, 2.05) is 67.6 Å². The van der Waals surface area contributed by atoms with Crippen molar-refractivity contribution in [2.75, 3.05) is 51.3 Å². The van der Waals surface area contributed by atoms with E-state index in [9.17, 15) is 9.59 Å². The predicted octanol–water partition coefficient (Wildman–Crippen LogP) is 6.82. The number of hydrogen-bond acceptors (Lipinski definition) is 7. The monoisotopic (exact) mass is 571 g/mol. The van der Waals surface area contributed by atoms with Crippen molar-refractivity contribution in [1.29, 1.82) is 0 Å². The fraction of sp³-hybridized carbons (Fsp3) is 0.333. The molecule has 0 bridgehead atoms. The summed E-state index contributed by atoms with van der Waals surface area (Å²) in [6.07, 6.45) is 4.98. The first-order valence-electron chi connectivity index (χ1n) is 14.2. The number of amides is 2. The Morgan fingerprint density at radius 3 is 2.27 bits per heavy atom. The normalized spacial score (nSPS) is 17.4. The molecule has 0 unspecified atom stereocenters. The van der Waals surface area contributed by atoms with E-state index in [0.29, 0.717) is 28.7 Å². The molecule has 0 spiro atoms. The number of ether oxygens (including phenoxy) is 2. The van der Waals surface area contributed by atoms with Crippen LogP contribution in [0.3, 0.4) is 0 Å². The molecule has 2 fully saturated rings. The molecule has 0 atom stereocenters. The second-order valence-electron chi connectivity index (χ2n) is 10.6. The van der Waals surface area contributed by atoms with Gasteiger partial charge in [0.05, 0.1) is 17.2 Å². The standard InChI is InChI=1S/C33H37N3O4S/c1-25-9-13-28(14-10-25)40-29-15-11-26(12-16-29)23-31-32(37)36(33(38)41-31)27-7-6-8-30(24-27)39-22-5-3-4-17-35-20-18-34(2)19-21-35/h6-16,23-24H,3-5,17-22H2,1-2H3. The Morgan fingerprint density at radius 2 is 1.54 bits per heavy atom. The lowest BCUT2D eigenvalue weighted by Crippen LogP contribution is -2.44. The van der Waals surface area contributed by atoms with Gasteiger partial charge in [0.15, 0.2) is 0 Å². The van der Waals surface area contributed by atoms with E-state index in [0.717, 1.165) is 68.6 Å². The van der Waals surface area contributed by atoms with Gasteiger partial charge in [-0.15, -0.1) is 0 Å². The van der Waals surface area contributed by atoms with Gasteiger partial charge in [-0.05, 0) is 99.6 Å². The van der Waals surface area contributed by atoms with Gasteiger partial charge >= 0.3 is 0 Å². The molecule has 2 heterocycles. The van der Waals surface area contributed by atoms with Crippen molar-refractivity contribution in [2.45, 2.75) is 26.2 Å². The van der Waals surface area contributed by atoms with Crippen LogP contribution in [0.4, 0.5) is 10.5 Å². The largest absolute Gasteiger partial charge is 0.494 e. The van der Waals surface area contributed by atoms with Gasteiger partial charge in [-0.3, -0.25) is 9.59 Å². The number of carbonyl (C=O) groups excluding carboxylic acids is 2. The molecular weight excluding hydrogens is 534 g/mol. The van der Waals surface area contributed by atoms with Gasteiger partial charge in [0.25, 0.3) is 11.1 Å². The zero-order valence-electron chi connectivity index (χ0n) is 23.8. The van der Waals surface area contributed by atoms with Crippen molar-refractivity contribution in [2.24, 2.45) is 0 Å². The van der Waals surface area contributed by atoms with Crippen LogP contribution in [0.2, 0.25) is 0 Å². The van der Waals surface area contributed by atoms with Crippen LogP contribution in [0.1, 0.15) is 30.4 Å². The van der Waals surface area contributed by atoms with E-state index in [4.69, 9.17) is 9.47 Å². The highest BCUT2D eigenvalue weighted by atomic mass is 32.2. The second-order valence-corrected chi connectivity index (χ2v) is 11.5. The maximum Gasteiger partial charge on any atom is 0.298 e. The Morgan fingerprint density at radius 1 is 0.829 bits per heavy atom. The van der Waals surface area contributed by atoms with E-state index >= 15 is 0 Å². The number of aryl methyl sites for hydroxylation is 1. The van der Waals surface area contributed by atoms with Gasteiger partial charge in [-0.25, -0.2) is 4.90 Å². The summed E-state index contributed by atoms with van der Waals surface area (Å²) in [4.78, 5) is 32.5. The molecule has 2 saturated heterocycles. The third-order valence-electron chi connectivity index (χ3n) is 7.29. The number of hydrogen-bond donors (Lipinski definition) is 0. The van der Waals surface area contributed by atoms with Crippen molar-refractivity contribution in [3.8, 4) is 17.2 Å². The molecule has 214 valence electrons. The minimum absolute atomic E-state index is 0.318. The topological polar surface area (TPSA) is 62.3 Å². The molecule has 0 N–H and O–H groups in total. The molecular formula is C33H37N3O4S. The highest BCUT2D eigenvalue weighted by Crippen LogP contribution is 2.37. The molecule has 2 amide bonds. The first-order chi connectivity index (χ1) is 19.9. The summed E-state index contributed by atoms with van der Waals surface area (Å²) in [5.41, 5.74) is 2.50. The SMILES string of the molecule is Cc1ccc(Oc2ccc(C=C3SC(=O)N(c4cccc(OCCCCCN5CCN(C)CC5)c4)C3=O)cc2)cc1. The van der Waals surface area contributed by atoms with Gasteiger partial charge in [0.2, 0.25) is 0 Å². The van der Waals surface area contributed by atoms with Gasteiger partial charge in [0.1, 0.15) is 17.2 Å². The summed E-state index contributed by atoms with van der Waals surface area (Å²) in [5.74, 6) is 1.79. The lowest BCUT2D eigenvalue weighted by Gasteiger charge is -2.32. The Labute approximate surface area is 246 Å². The first kappa shape index (κ1) is 28.9. The molecule has 0 aromatic heterocycles. The van der Waals surface area contributed by atoms with Crippen LogP contribution >= 0.6 is 11.8 Å². The van der Waals surface area contributed by atoms with Crippen molar-refractivity contribution in [3.63, 3.8) is 0 Å². The molecule has 2 aliphatic heterocycles. The third-order valence-corrected chi connectivity index (χ3v) is 8.16. The van der Waals surface area contributed by atoms with E-state index in [1.165, 1.54) is 16.9 Å². The van der Waals surface area contributed by atoms with Crippen molar-refractivity contribution in [1.82, 2.24) is 9.80 Å². The fourth-order valence-electron chi connectivity index (χ4n) is 4.80. The average molecular weight is 572 g/mol. The summed E-state index contributed by atoms with van der Waals surface area (Å²) < 4.78 is 11.8. The highest BCUT2D eigenvalue weighted by Gasteiger charge is 2.36. The molecule has 0 saturated carbocycles.